The number of nitrogens with one attached hydrogen (secondary N) is 1. The summed E-state index contributed by atoms with van der Waals surface area (Å²) in [6.07, 6.45) is -2.40. The number of rotatable bonds is 8. The molecular formula is C30H32N2O10. The molecule has 222 valence electrons. The van der Waals surface area contributed by atoms with Gasteiger partial charge in [0.15, 0.2) is 17.7 Å². The van der Waals surface area contributed by atoms with Gasteiger partial charge in [-0.2, -0.15) is 0 Å². The Morgan fingerprint density at radius 2 is 1.88 bits per heavy atom. The van der Waals surface area contributed by atoms with Crippen molar-refractivity contribution < 1.29 is 49.8 Å². The highest BCUT2D eigenvalue weighted by molar-refractivity contribution is 6.24. The average Bonchev–Trinajstić information content (AvgIpc) is 2.94. The van der Waals surface area contributed by atoms with Crippen molar-refractivity contribution in [1.29, 1.82) is 0 Å². The molecule has 0 radical (unpaired) electrons. The number of nitrogens with two attached hydrogens (primary N) is 1. The molecule has 0 aromatic heterocycles. The first-order valence-corrected chi connectivity index (χ1v) is 13.5. The fourth-order valence-electron chi connectivity index (χ4n) is 6.35. The summed E-state index contributed by atoms with van der Waals surface area (Å²) < 4.78 is 5.06. The van der Waals surface area contributed by atoms with E-state index in [0.29, 0.717) is 28.9 Å². The van der Waals surface area contributed by atoms with Crippen LogP contribution >= 0.6 is 0 Å². The van der Waals surface area contributed by atoms with Crippen LogP contribution in [0.25, 0.3) is 11.1 Å². The first-order valence-electron chi connectivity index (χ1n) is 13.5. The maximum atomic E-state index is 13.8. The number of carbonyl (C=O) groups excluding carboxylic acids is 3. The van der Waals surface area contributed by atoms with Crippen LogP contribution in [0, 0.1) is 11.8 Å². The van der Waals surface area contributed by atoms with Gasteiger partial charge in [0.2, 0.25) is 5.78 Å². The van der Waals surface area contributed by atoms with Crippen LogP contribution in [0.5, 0.6) is 5.75 Å². The number of primary amides is 1. The number of hydrogen-bond acceptors (Lipinski definition) is 11. The third-order valence-electron chi connectivity index (χ3n) is 8.30. The Labute approximate surface area is 240 Å². The topological polar surface area (TPSA) is 220 Å². The van der Waals surface area contributed by atoms with Crippen molar-refractivity contribution in [3.8, 4) is 16.9 Å². The summed E-state index contributed by atoms with van der Waals surface area (Å²) >= 11 is 0. The number of aromatic hydroxyl groups is 1. The molecule has 0 saturated heterocycles. The Kier molecular flexibility index (Phi) is 7.68. The molecule has 0 fully saturated rings. The van der Waals surface area contributed by atoms with Crippen LogP contribution in [0.2, 0.25) is 0 Å². The number of fused-ring (bicyclic) bond motifs is 3. The minimum Gasteiger partial charge on any atom is -0.511 e. The van der Waals surface area contributed by atoms with E-state index in [4.69, 9.17) is 10.5 Å². The molecule has 5 atom stereocenters. The molecule has 3 aliphatic carbocycles. The first-order chi connectivity index (χ1) is 19.9. The second kappa shape index (κ2) is 11.0. The summed E-state index contributed by atoms with van der Waals surface area (Å²) in [4.78, 5) is 38.7. The number of aliphatic hydroxyl groups excluding tert-OH is 4. The summed E-state index contributed by atoms with van der Waals surface area (Å²) in [5, 5.41) is 66.9. The Morgan fingerprint density at radius 1 is 1.14 bits per heavy atom. The predicted octanol–water partition coefficient (Wildman–Crippen LogP) is 1.18. The van der Waals surface area contributed by atoms with Gasteiger partial charge in [0.1, 0.15) is 29.1 Å². The van der Waals surface area contributed by atoms with Gasteiger partial charge in [-0.15, -0.1) is 0 Å². The summed E-state index contributed by atoms with van der Waals surface area (Å²) in [7, 11) is 0. The number of carbonyl (C=O) groups is 3. The SMILES string of the molecule is CCOC(O)CNC(O)c1cccc(-c2ccc(O)c3c2C[C@H]2C[C@H]4CC(O)=C(C(N)=O)C(=O)[C@@]4(O)C(O)=C2C3=O)c1. The summed E-state index contributed by atoms with van der Waals surface area (Å²) in [5.74, 6) is -6.89. The van der Waals surface area contributed by atoms with Crippen molar-refractivity contribution in [1.82, 2.24) is 5.32 Å². The molecule has 2 aromatic rings. The van der Waals surface area contributed by atoms with E-state index in [1.54, 1.807) is 37.3 Å². The van der Waals surface area contributed by atoms with Crippen molar-refractivity contribution in [2.75, 3.05) is 13.2 Å². The minimum absolute atomic E-state index is 0.0167. The molecule has 5 rings (SSSR count). The van der Waals surface area contributed by atoms with E-state index >= 15 is 0 Å². The normalized spacial score (nSPS) is 25.0. The third-order valence-corrected chi connectivity index (χ3v) is 8.30. The standard InChI is InChI=1S/C30H32N2O10/c1-2-42-21(35)12-32-29(40)14-5-3-4-13(8-14)17-6-7-19(33)23-18(17)10-15-9-16-11-20(34)24(28(31)39)27(38)30(16,41)26(37)22(15)25(23)36/h3-8,15-16,21,29,32-35,37,40-41H,2,9-12H2,1H3,(H2,31,39)/t15-,16+,21?,29?,30+/m1/s1. The van der Waals surface area contributed by atoms with Gasteiger partial charge in [-0.25, -0.2) is 0 Å². The molecule has 9 N–H and O–H groups in total. The Morgan fingerprint density at radius 3 is 2.57 bits per heavy atom. The number of hydrogen-bond donors (Lipinski definition) is 8. The molecule has 0 aliphatic heterocycles. The molecule has 0 spiro atoms. The monoisotopic (exact) mass is 580 g/mol. The lowest BCUT2D eigenvalue weighted by atomic mass is 9.60. The van der Waals surface area contributed by atoms with Crippen LogP contribution in [-0.4, -0.2) is 73.2 Å². The van der Waals surface area contributed by atoms with Crippen LogP contribution in [0.4, 0.5) is 0 Å². The van der Waals surface area contributed by atoms with E-state index in [0.717, 1.165) is 0 Å². The molecule has 1 amide bonds. The number of allylic oxidation sites excluding steroid dienone is 2. The fourth-order valence-corrected chi connectivity index (χ4v) is 6.35. The molecule has 12 nitrogen and oxygen atoms in total. The van der Waals surface area contributed by atoms with Crippen LogP contribution in [0.15, 0.2) is 59.1 Å². The number of aliphatic hydroxyl groups is 5. The van der Waals surface area contributed by atoms with Gasteiger partial charge in [0.05, 0.1) is 5.56 Å². The zero-order valence-electron chi connectivity index (χ0n) is 22.7. The summed E-state index contributed by atoms with van der Waals surface area (Å²) in [5.41, 5.74) is 3.58. The van der Waals surface area contributed by atoms with E-state index in [9.17, 15) is 45.0 Å². The van der Waals surface area contributed by atoms with Crippen molar-refractivity contribution >= 4 is 17.5 Å². The molecule has 2 unspecified atom stereocenters. The number of phenols is 1. The Hall–Kier alpha value is -4.07. The number of Topliss-reactive ketones (excluding diaryl/α,β-unsaturated/α-hetero) is 2. The summed E-state index contributed by atoms with van der Waals surface area (Å²) in [6.45, 7) is 2.01. The molecule has 0 saturated carbocycles. The lowest BCUT2D eigenvalue weighted by molar-refractivity contribution is -0.144. The van der Waals surface area contributed by atoms with Crippen molar-refractivity contribution in [3.63, 3.8) is 0 Å². The van der Waals surface area contributed by atoms with Gasteiger partial charge in [0.25, 0.3) is 5.91 Å². The molecule has 0 bridgehead atoms. The van der Waals surface area contributed by atoms with E-state index in [1.807, 2.05) is 0 Å². The summed E-state index contributed by atoms with van der Waals surface area (Å²) in [6, 6.07) is 9.78. The van der Waals surface area contributed by atoms with Gasteiger partial charge in [-0.3, -0.25) is 19.7 Å². The van der Waals surface area contributed by atoms with E-state index < -0.39 is 64.5 Å². The molecule has 42 heavy (non-hydrogen) atoms. The van der Waals surface area contributed by atoms with E-state index in [2.05, 4.69) is 5.32 Å². The lowest BCUT2D eigenvalue weighted by Gasteiger charge is -2.45. The molecule has 12 heteroatoms. The van der Waals surface area contributed by atoms with Crippen LogP contribution < -0.4 is 11.1 Å². The highest BCUT2D eigenvalue weighted by Crippen LogP contribution is 2.52. The van der Waals surface area contributed by atoms with Crippen LogP contribution in [0.1, 0.15) is 47.5 Å². The Balaban J connectivity index is 1.54. The highest BCUT2D eigenvalue weighted by atomic mass is 16.6. The average molecular weight is 581 g/mol. The number of benzene rings is 2. The van der Waals surface area contributed by atoms with Gasteiger partial charge in [-0.05, 0) is 60.1 Å². The largest absolute Gasteiger partial charge is 0.511 e. The lowest BCUT2D eigenvalue weighted by Crippen LogP contribution is -2.57. The van der Waals surface area contributed by atoms with Crippen molar-refractivity contribution in [2.45, 2.75) is 44.3 Å². The van der Waals surface area contributed by atoms with Gasteiger partial charge in [0, 0.05) is 31.1 Å². The number of amides is 1. The maximum absolute atomic E-state index is 13.8. The number of phenolic OH excluding ortho intramolecular Hbond substituents is 1. The van der Waals surface area contributed by atoms with Crippen molar-refractivity contribution in [3.05, 3.63) is 75.8 Å². The van der Waals surface area contributed by atoms with Crippen molar-refractivity contribution in [2.24, 2.45) is 17.6 Å². The van der Waals surface area contributed by atoms with Crippen LogP contribution in [0.3, 0.4) is 0 Å². The smallest absolute Gasteiger partial charge is 0.255 e. The maximum Gasteiger partial charge on any atom is 0.255 e. The molecule has 3 aliphatic rings. The zero-order chi connectivity index (χ0) is 30.5. The molecular weight excluding hydrogens is 548 g/mol. The Bertz CT molecular complexity index is 1550. The number of ether oxygens (including phenoxy) is 1. The molecule has 0 heterocycles. The highest BCUT2D eigenvalue weighted by Gasteiger charge is 2.59. The second-order valence-corrected chi connectivity index (χ2v) is 10.7. The quantitative estimate of drug-likeness (QED) is 0.164. The molecule has 2 aromatic carbocycles. The second-order valence-electron chi connectivity index (χ2n) is 10.7. The van der Waals surface area contributed by atoms with E-state index in [1.165, 1.54) is 6.07 Å². The van der Waals surface area contributed by atoms with Gasteiger partial charge < -0.3 is 41.1 Å². The minimum atomic E-state index is -2.63. The predicted molar refractivity (Wildman–Crippen MR) is 147 cm³/mol. The number of ketones is 2. The van der Waals surface area contributed by atoms with Gasteiger partial charge >= 0.3 is 0 Å². The fraction of sp³-hybridized carbons (Fsp3) is 0.367. The van der Waals surface area contributed by atoms with Gasteiger partial charge in [-0.1, -0.05) is 24.3 Å². The van der Waals surface area contributed by atoms with Crippen LogP contribution in [-0.2, 0) is 20.7 Å². The zero-order valence-corrected chi connectivity index (χ0v) is 22.7. The first kappa shape index (κ1) is 29.4. The third kappa shape index (κ3) is 4.67. The van der Waals surface area contributed by atoms with E-state index in [-0.39, 0.29) is 42.7 Å².